The topological polar surface area (TPSA) is 82.3 Å². The zero-order valence-corrected chi connectivity index (χ0v) is 24.0. The van der Waals surface area contributed by atoms with Gasteiger partial charge in [0.15, 0.2) is 0 Å². The SMILES string of the molecule is C[Se]c1ccc(NC(=O)Nc2ccc(Cc3ccc(NC(=O)Nc4ccc([Se]C)cc4)cc3)cc2)cc1. The summed E-state index contributed by atoms with van der Waals surface area (Å²) in [6.45, 7) is 0. The predicted molar refractivity (Wildman–Crippen MR) is 156 cm³/mol. The number of nitrogens with one attached hydrogen (secondary N) is 4. The third-order valence-electron chi connectivity index (χ3n) is 5.53. The van der Waals surface area contributed by atoms with Gasteiger partial charge in [0, 0.05) is 0 Å². The fraction of sp³-hybridized carbons (Fsp3) is 0.103. The summed E-state index contributed by atoms with van der Waals surface area (Å²) in [6.07, 6.45) is 0.746. The Morgan fingerprint density at radius 3 is 1.03 bits per heavy atom. The quantitative estimate of drug-likeness (QED) is 0.201. The van der Waals surface area contributed by atoms with Crippen LogP contribution in [0.4, 0.5) is 32.3 Å². The summed E-state index contributed by atoms with van der Waals surface area (Å²) in [5, 5.41) is 11.4. The van der Waals surface area contributed by atoms with E-state index in [0.717, 1.165) is 40.3 Å². The second kappa shape index (κ2) is 13.1. The van der Waals surface area contributed by atoms with Crippen molar-refractivity contribution in [2.24, 2.45) is 0 Å². The number of benzene rings is 4. The molecule has 0 radical (unpaired) electrons. The van der Waals surface area contributed by atoms with Gasteiger partial charge in [0.2, 0.25) is 0 Å². The van der Waals surface area contributed by atoms with Crippen LogP contribution in [0.5, 0.6) is 0 Å². The molecule has 0 unspecified atom stereocenters. The van der Waals surface area contributed by atoms with Crippen molar-refractivity contribution in [1.29, 1.82) is 0 Å². The van der Waals surface area contributed by atoms with Crippen LogP contribution in [0.2, 0.25) is 11.6 Å². The molecule has 6 nitrogen and oxygen atoms in total. The molecule has 0 saturated carbocycles. The Labute approximate surface area is 230 Å². The Balaban J connectivity index is 1.25. The summed E-state index contributed by atoms with van der Waals surface area (Å²) in [6, 6.07) is 30.9. The van der Waals surface area contributed by atoms with Gasteiger partial charge in [0.25, 0.3) is 0 Å². The molecule has 0 bridgehead atoms. The normalized spacial score (nSPS) is 10.4. The van der Waals surface area contributed by atoms with E-state index in [1.54, 1.807) is 0 Å². The van der Waals surface area contributed by atoms with Crippen LogP contribution in [0.3, 0.4) is 0 Å². The van der Waals surface area contributed by atoms with Gasteiger partial charge in [0.05, 0.1) is 0 Å². The zero-order chi connectivity index (χ0) is 26.0. The number of hydrogen-bond acceptors (Lipinski definition) is 2. The van der Waals surface area contributed by atoms with Crippen molar-refractivity contribution in [3.05, 3.63) is 108 Å². The number of amides is 4. The van der Waals surface area contributed by atoms with Crippen LogP contribution in [0.25, 0.3) is 0 Å². The van der Waals surface area contributed by atoms with Crippen LogP contribution in [0.1, 0.15) is 11.1 Å². The summed E-state index contributed by atoms with van der Waals surface area (Å²) >= 11 is 0.889. The Morgan fingerprint density at radius 1 is 0.486 bits per heavy atom. The fourth-order valence-corrected chi connectivity index (χ4v) is 5.30. The first kappa shape index (κ1) is 26.5. The Bertz CT molecular complexity index is 1220. The summed E-state index contributed by atoms with van der Waals surface area (Å²) in [4.78, 5) is 24.6. The van der Waals surface area contributed by atoms with Gasteiger partial charge in [-0.1, -0.05) is 0 Å². The molecule has 0 aliphatic rings. The van der Waals surface area contributed by atoms with Crippen LogP contribution in [-0.4, -0.2) is 42.0 Å². The molecular formula is C29H28N4O2Se2. The van der Waals surface area contributed by atoms with Gasteiger partial charge in [0.1, 0.15) is 0 Å². The molecule has 0 saturated heterocycles. The monoisotopic (exact) mass is 624 g/mol. The number of urea groups is 2. The van der Waals surface area contributed by atoms with Crippen LogP contribution >= 0.6 is 0 Å². The first-order chi connectivity index (χ1) is 18.0. The molecule has 0 aliphatic heterocycles. The van der Waals surface area contributed by atoms with Gasteiger partial charge in [-0.2, -0.15) is 0 Å². The molecule has 4 rings (SSSR count). The van der Waals surface area contributed by atoms with Crippen molar-refractivity contribution in [3.63, 3.8) is 0 Å². The molecule has 0 spiro atoms. The van der Waals surface area contributed by atoms with Crippen molar-refractivity contribution >= 4 is 73.6 Å². The molecular weight excluding hydrogens is 594 g/mol. The third-order valence-corrected chi connectivity index (χ3v) is 8.65. The minimum absolute atomic E-state index is 0.270. The van der Waals surface area contributed by atoms with E-state index in [4.69, 9.17) is 0 Å². The molecule has 0 aromatic heterocycles. The van der Waals surface area contributed by atoms with Crippen LogP contribution in [0, 0.1) is 0 Å². The van der Waals surface area contributed by atoms with E-state index in [0.29, 0.717) is 29.9 Å². The standard InChI is InChI=1S/C29H28N4O2Se2/c1-36-26-15-11-24(12-16-26)32-28(34)30-22-7-3-20(4-8-22)19-21-5-9-23(10-6-21)31-29(35)33-25-13-17-27(37-2)18-14-25/h3-18H,19H2,1-2H3,(H2,30,32,34)(H2,31,33,35). The number of carbonyl (C=O) groups is 2. The van der Waals surface area contributed by atoms with Gasteiger partial charge in [-0.15, -0.1) is 0 Å². The van der Waals surface area contributed by atoms with Gasteiger partial charge >= 0.3 is 231 Å². The van der Waals surface area contributed by atoms with Crippen molar-refractivity contribution < 1.29 is 9.59 Å². The molecule has 8 heteroatoms. The minimum atomic E-state index is -0.270. The first-order valence-electron chi connectivity index (χ1n) is 11.6. The van der Waals surface area contributed by atoms with Crippen LogP contribution in [-0.2, 0) is 6.42 Å². The number of carbonyl (C=O) groups excluding carboxylic acids is 2. The second-order valence-corrected chi connectivity index (χ2v) is 11.9. The van der Waals surface area contributed by atoms with Crippen molar-refractivity contribution in [2.75, 3.05) is 21.3 Å². The van der Waals surface area contributed by atoms with Gasteiger partial charge in [-0.05, 0) is 0 Å². The number of hydrogen-bond donors (Lipinski definition) is 4. The molecule has 37 heavy (non-hydrogen) atoms. The number of anilines is 4. The molecule has 4 N–H and O–H groups in total. The molecule has 0 aliphatic carbocycles. The van der Waals surface area contributed by atoms with Crippen molar-refractivity contribution in [1.82, 2.24) is 0 Å². The van der Waals surface area contributed by atoms with Crippen molar-refractivity contribution in [3.8, 4) is 0 Å². The van der Waals surface area contributed by atoms with E-state index in [9.17, 15) is 9.59 Å². The van der Waals surface area contributed by atoms with E-state index >= 15 is 0 Å². The Hall–Kier alpha value is -3.54. The van der Waals surface area contributed by atoms with Gasteiger partial charge in [-0.25, -0.2) is 0 Å². The molecule has 188 valence electrons. The molecule has 0 fully saturated rings. The van der Waals surface area contributed by atoms with E-state index in [2.05, 4.69) is 32.9 Å². The molecule has 0 heterocycles. The summed E-state index contributed by atoms with van der Waals surface area (Å²) in [7, 11) is 0. The maximum absolute atomic E-state index is 12.3. The second-order valence-electron chi connectivity index (χ2n) is 8.19. The van der Waals surface area contributed by atoms with E-state index in [1.807, 2.05) is 97.1 Å². The average Bonchev–Trinajstić information content (AvgIpc) is 2.92. The van der Waals surface area contributed by atoms with Gasteiger partial charge < -0.3 is 0 Å². The zero-order valence-electron chi connectivity index (χ0n) is 20.6. The summed E-state index contributed by atoms with van der Waals surface area (Å²) in [5.41, 5.74) is 5.24. The Morgan fingerprint density at radius 2 is 0.757 bits per heavy atom. The Kier molecular flexibility index (Phi) is 9.41. The van der Waals surface area contributed by atoms with E-state index < -0.39 is 0 Å². The maximum atomic E-state index is 12.3. The molecule has 4 aromatic rings. The number of rotatable bonds is 8. The van der Waals surface area contributed by atoms with Crippen LogP contribution < -0.4 is 30.2 Å². The molecule has 0 atom stereocenters. The molecule has 4 amide bonds. The summed E-state index contributed by atoms with van der Waals surface area (Å²) < 4.78 is 2.58. The summed E-state index contributed by atoms with van der Waals surface area (Å²) in [5.74, 6) is 4.32. The van der Waals surface area contributed by atoms with Gasteiger partial charge in [-0.3, -0.25) is 0 Å². The predicted octanol–water partition coefficient (Wildman–Crippen LogP) is 5.32. The average molecular weight is 622 g/mol. The molecule has 4 aromatic carbocycles. The third kappa shape index (κ3) is 8.24. The van der Waals surface area contributed by atoms with Crippen molar-refractivity contribution in [2.45, 2.75) is 18.1 Å². The van der Waals surface area contributed by atoms with Crippen LogP contribution in [0.15, 0.2) is 97.1 Å². The fourth-order valence-electron chi connectivity index (χ4n) is 3.58. The van der Waals surface area contributed by atoms with E-state index in [-0.39, 0.29) is 12.1 Å². The van der Waals surface area contributed by atoms with E-state index in [1.165, 1.54) is 8.92 Å². The first-order valence-corrected chi connectivity index (χ1v) is 16.8.